The van der Waals surface area contributed by atoms with E-state index in [0.717, 1.165) is 19.3 Å². The van der Waals surface area contributed by atoms with Gasteiger partial charge >= 0.3 is 0 Å². The monoisotopic (exact) mass is 202 g/mol. The Morgan fingerprint density at radius 2 is 1.87 bits per heavy atom. The number of rotatable bonds is 2. The van der Waals surface area contributed by atoms with Crippen LogP contribution in [0.1, 0.15) is 36.0 Å². The second-order valence-corrected chi connectivity index (χ2v) is 3.99. The van der Waals surface area contributed by atoms with Gasteiger partial charge in [0, 0.05) is 12.0 Å². The van der Waals surface area contributed by atoms with Crippen molar-refractivity contribution in [1.82, 2.24) is 0 Å². The molecule has 0 aromatic heterocycles. The number of hydrogen-bond donors (Lipinski definition) is 0. The van der Waals surface area contributed by atoms with Crippen LogP contribution in [-0.4, -0.2) is 11.6 Å². The summed E-state index contributed by atoms with van der Waals surface area (Å²) in [5.74, 6) is -0.253. The molecule has 1 fully saturated rings. The van der Waals surface area contributed by atoms with Crippen LogP contribution in [0, 0.1) is 5.92 Å². The fourth-order valence-electron chi connectivity index (χ4n) is 2.06. The van der Waals surface area contributed by atoms with E-state index in [0.29, 0.717) is 12.0 Å². The number of carbonyl (C=O) groups is 2. The smallest absolute Gasteiger partial charge is 0.173 e. The molecule has 2 nitrogen and oxygen atoms in total. The molecule has 2 rings (SSSR count). The van der Waals surface area contributed by atoms with Crippen LogP contribution in [0.4, 0.5) is 0 Å². The maximum Gasteiger partial charge on any atom is 0.173 e. The molecule has 0 amide bonds. The van der Waals surface area contributed by atoms with Gasteiger partial charge in [0.05, 0.1) is 5.92 Å². The Kier molecular flexibility index (Phi) is 2.95. The fraction of sp³-hybridized carbons (Fsp3) is 0.385. The first-order valence-electron chi connectivity index (χ1n) is 5.41. The van der Waals surface area contributed by atoms with Gasteiger partial charge in [-0.05, 0) is 12.8 Å². The minimum absolute atomic E-state index is 0.000278. The molecule has 0 heterocycles. The number of Topliss-reactive ketones (excluding diaryl/α,β-unsaturated/α-hetero) is 2. The van der Waals surface area contributed by atoms with Crippen LogP contribution in [0.15, 0.2) is 30.3 Å². The summed E-state index contributed by atoms with van der Waals surface area (Å²) >= 11 is 0. The molecule has 1 atom stereocenters. The van der Waals surface area contributed by atoms with Gasteiger partial charge in [-0.2, -0.15) is 0 Å². The zero-order chi connectivity index (χ0) is 10.7. The summed E-state index contributed by atoms with van der Waals surface area (Å²) < 4.78 is 0. The minimum Gasteiger partial charge on any atom is -0.299 e. The zero-order valence-corrected chi connectivity index (χ0v) is 8.61. The molecule has 0 spiro atoms. The van der Waals surface area contributed by atoms with Crippen LogP contribution in [-0.2, 0) is 4.79 Å². The van der Waals surface area contributed by atoms with E-state index in [1.807, 2.05) is 18.2 Å². The SMILES string of the molecule is O=C1CCCC[C@H]1C(=O)c1ccccc1. The van der Waals surface area contributed by atoms with Gasteiger partial charge in [-0.25, -0.2) is 0 Å². The molecule has 15 heavy (non-hydrogen) atoms. The zero-order valence-electron chi connectivity index (χ0n) is 8.61. The van der Waals surface area contributed by atoms with Crippen LogP contribution in [0.5, 0.6) is 0 Å². The Bertz CT molecular complexity index is 367. The van der Waals surface area contributed by atoms with Crippen molar-refractivity contribution in [2.45, 2.75) is 25.7 Å². The molecular formula is C13H14O2. The summed E-state index contributed by atoms with van der Waals surface area (Å²) in [5, 5.41) is 0. The lowest BCUT2D eigenvalue weighted by Gasteiger charge is -2.18. The van der Waals surface area contributed by atoms with Crippen molar-refractivity contribution in [2.24, 2.45) is 5.92 Å². The van der Waals surface area contributed by atoms with Gasteiger partial charge in [0.15, 0.2) is 5.78 Å². The predicted molar refractivity (Wildman–Crippen MR) is 57.7 cm³/mol. The van der Waals surface area contributed by atoms with Gasteiger partial charge in [-0.3, -0.25) is 9.59 Å². The van der Waals surface area contributed by atoms with E-state index < -0.39 is 0 Å². The van der Waals surface area contributed by atoms with Crippen LogP contribution in [0.2, 0.25) is 0 Å². The van der Waals surface area contributed by atoms with E-state index in [1.54, 1.807) is 12.1 Å². The maximum absolute atomic E-state index is 12.0. The summed E-state index contributed by atoms with van der Waals surface area (Å²) in [5.41, 5.74) is 0.665. The summed E-state index contributed by atoms with van der Waals surface area (Å²) in [6.45, 7) is 0. The maximum atomic E-state index is 12.0. The number of benzene rings is 1. The summed E-state index contributed by atoms with van der Waals surface area (Å²) in [6, 6.07) is 9.11. The van der Waals surface area contributed by atoms with Gasteiger partial charge in [-0.15, -0.1) is 0 Å². The normalized spacial score (nSPS) is 21.3. The molecule has 1 aromatic carbocycles. The lowest BCUT2D eigenvalue weighted by atomic mass is 9.83. The number of hydrogen-bond acceptors (Lipinski definition) is 2. The summed E-state index contributed by atoms with van der Waals surface area (Å²) in [7, 11) is 0. The molecule has 0 N–H and O–H groups in total. The van der Waals surface area contributed by atoms with E-state index in [2.05, 4.69) is 0 Å². The third-order valence-electron chi connectivity index (χ3n) is 2.93. The first-order valence-corrected chi connectivity index (χ1v) is 5.41. The molecule has 1 aliphatic carbocycles. The van der Waals surface area contributed by atoms with Crippen LogP contribution in [0.25, 0.3) is 0 Å². The first kappa shape index (κ1) is 10.1. The van der Waals surface area contributed by atoms with Gasteiger partial charge in [-0.1, -0.05) is 36.8 Å². The molecule has 0 radical (unpaired) electrons. The second kappa shape index (κ2) is 4.39. The highest BCUT2D eigenvalue weighted by Crippen LogP contribution is 2.23. The average Bonchev–Trinajstić information content (AvgIpc) is 2.30. The van der Waals surface area contributed by atoms with Crippen molar-refractivity contribution >= 4 is 11.6 Å². The molecule has 0 saturated heterocycles. The largest absolute Gasteiger partial charge is 0.299 e. The fourth-order valence-corrected chi connectivity index (χ4v) is 2.06. The molecule has 2 heteroatoms. The molecule has 0 aliphatic heterocycles. The highest BCUT2D eigenvalue weighted by molar-refractivity contribution is 6.10. The molecule has 1 aromatic rings. The average molecular weight is 202 g/mol. The number of carbonyl (C=O) groups excluding carboxylic acids is 2. The Labute approximate surface area is 89.3 Å². The van der Waals surface area contributed by atoms with E-state index in [1.165, 1.54) is 0 Å². The Balaban J connectivity index is 2.17. The van der Waals surface area contributed by atoms with Crippen molar-refractivity contribution < 1.29 is 9.59 Å². The van der Waals surface area contributed by atoms with Crippen molar-refractivity contribution in [2.75, 3.05) is 0 Å². The third kappa shape index (κ3) is 2.14. The van der Waals surface area contributed by atoms with Crippen LogP contribution in [0.3, 0.4) is 0 Å². The molecular weight excluding hydrogens is 188 g/mol. The third-order valence-corrected chi connectivity index (χ3v) is 2.93. The van der Waals surface area contributed by atoms with Gasteiger partial charge in [0.1, 0.15) is 5.78 Å². The predicted octanol–water partition coefficient (Wildman–Crippen LogP) is 2.63. The second-order valence-electron chi connectivity index (χ2n) is 3.99. The lowest BCUT2D eigenvalue weighted by Crippen LogP contribution is -2.27. The molecule has 78 valence electrons. The van der Waals surface area contributed by atoms with Crippen molar-refractivity contribution in [1.29, 1.82) is 0 Å². The van der Waals surface area contributed by atoms with Crippen molar-refractivity contribution in [3.63, 3.8) is 0 Å². The van der Waals surface area contributed by atoms with Crippen molar-refractivity contribution in [3.8, 4) is 0 Å². The minimum atomic E-state index is -0.374. The van der Waals surface area contributed by atoms with Gasteiger partial charge in [0.2, 0.25) is 0 Å². The first-order chi connectivity index (χ1) is 7.29. The van der Waals surface area contributed by atoms with E-state index in [9.17, 15) is 9.59 Å². The van der Waals surface area contributed by atoms with E-state index in [4.69, 9.17) is 0 Å². The standard InChI is InChI=1S/C13H14O2/c14-12-9-5-4-8-11(12)13(15)10-6-2-1-3-7-10/h1-3,6-7,11H,4-5,8-9H2/t11-/m1/s1. The highest BCUT2D eigenvalue weighted by Gasteiger charge is 2.29. The lowest BCUT2D eigenvalue weighted by molar-refractivity contribution is -0.122. The molecule has 0 bridgehead atoms. The summed E-state index contributed by atoms with van der Waals surface area (Å²) in [4.78, 5) is 23.6. The Morgan fingerprint density at radius 3 is 2.53 bits per heavy atom. The Morgan fingerprint density at radius 1 is 1.13 bits per heavy atom. The Hall–Kier alpha value is -1.44. The number of ketones is 2. The topological polar surface area (TPSA) is 34.1 Å². The van der Waals surface area contributed by atoms with E-state index in [-0.39, 0.29) is 17.5 Å². The quantitative estimate of drug-likeness (QED) is 0.545. The highest BCUT2D eigenvalue weighted by atomic mass is 16.1. The van der Waals surface area contributed by atoms with E-state index >= 15 is 0 Å². The molecule has 1 saturated carbocycles. The van der Waals surface area contributed by atoms with Gasteiger partial charge < -0.3 is 0 Å². The summed E-state index contributed by atoms with van der Waals surface area (Å²) in [6.07, 6.45) is 3.24. The van der Waals surface area contributed by atoms with Gasteiger partial charge in [0.25, 0.3) is 0 Å². The van der Waals surface area contributed by atoms with Crippen LogP contribution >= 0.6 is 0 Å². The molecule has 0 unspecified atom stereocenters. The molecule has 1 aliphatic rings. The van der Waals surface area contributed by atoms with Crippen molar-refractivity contribution in [3.05, 3.63) is 35.9 Å². The van der Waals surface area contributed by atoms with Crippen LogP contribution < -0.4 is 0 Å².